The zero-order valence-electron chi connectivity index (χ0n) is 12.6. The van der Waals surface area contributed by atoms with Gasteiger partial charge < -0.3 is 20.3 Å². The molecule has 0 fully saturated rings. The molecule has 0 saturated heterocycles. The second-order valence-corrected chi connectivity index (χ2v) is 5.57. The molecule has 2 aromatic carbocycles. The summed E-state index contributed by atoms with van der Waals surface area (Å²) in [6.45, 7) is 2.31. The number of halogens is 1. The molecule has 0 spiro atoms. The molecule has 4 nitrogen and oxygen atoms in total. The predicted octanol–water partition coefficient (Wildman–Crippen LogP) is 3.27. The third-order valence-corrected chi connectivity index (χ3v) is 3.85. The molecule has 0 radical (unpaired) electrons. The number of para-hydroxylation sites is 1. The highest BCUT2D eigenvalue weighted by molar-refractivity contribution is 6.30. The van der Waals surface area contributed by atoms with Crippen LogP contribution in [0, 0.1) is 0 Å². The minimum absolute atomic E-state index is 0.116. The predicted molar refractivity (Wildman–Crippen MR) is 87.4 cm³/mol. The van der Waals surface area contributed by atoms with Gasteiger partial charge in [0.05, 0.1) is 13.2 Å². The highest BCUT2D eigenvalue weighted by Gasteiger charge is 2.17. The third-order valence-electron chi connectivity index (χ3n) is 3.60. The average molecular weight is 322 g/mol. The lowest BCUT2D eigenvalue weighted by atomic mass is 10.0. The number of aliphatic hydroxyl groups excluding tert-OH is 1. The molecule has 0 aliphatic carbocycles. The first-order chi connectivity index (χ1) is 10.5. The molecule has 0 aromatic heterocycles. The van der Waals surface area contributed by atoms with Crippen LogP contribution in [0.3, 0.4) is 0 Å². The molecular weight excluding hydrogens is 302 g/mol. The van der Waals surface area contributed by atoms with E-state index in [-0.39, 0.29) is 11.8 Å². The van der Waals surface area contributed by atoms with Crippen molar-refractivity contribution in [1.82, 2.24) is 5.32 Å². The van der Waals surface area contributed by atoms with Crippen LogP contribution < -0.4 is 10.1 Å². The Hall–Kier alpha value is -1.75. The van der Waals surface area contributed by atoms with Crippen LogP contribution in [0.1, 0.15) is 24.2 Å². The molecule has 118 valence electrons. The van der Waals surface area contributed by atoms with Crippen molar-refractivity contribution in [3.8, 4) is 11.5 Å². The maximum Gasteiger partial charge on any atom is 0.162 e. The Kier molecular flexibility index (Phi) is 5.66. The number of hydrogen-bond acceptors (Lipinski definition) is 4. The summed E-state index contributed by atoms with van der Waals surface area (Å²) in [5, 5.41) is 24.2. The molecule has 3 N–H and O–H groups in total. The second-order valence-electron chi connectivity index (χ2n) is 5.13. The fraction of sp³-hybridized carbons (Fsp3) is 0.294. The summed E-state index contributed by atoms with van der Waals surface area (Å²) in [6, 6.07) is 12.2. The van der Waals surface area contributed by atoms with Crippen LogP contribution in [-0.2, 0) is 6.54 Å². The SMILES string of the molecule is COc1cccc(CNC(C)C(O)c2ccc(Cl)cc2)c1O. The summed E-state index contributed by atoms with van der Waals surface area (Å²) in [7, 11) is 1.51. The van der Waals surface area contributed by atoms with Gasteiger partial charge in [-0.25, -0.2) is 0 Å². The van der Waals surface area contributed by atoms with Crippen molar-refractivity contribution in [3.63, 3.8) is 0 Å². The Morgan fingerprint density at radius 2 is 1.86 bits per heavy atom. The molecule has 2 atom stereocenters. The lowest BCUT2D eigenvalue weighted by Gasteiger charge is -2.21. The van der Waals surface area contributed by atoms with Crippen molar-refractivity contribution in [3.05, 3.63) is 58.6 Å². The number of ether oxygens (including phenoxy) is 1. The van der Waals surface area contributed by atoms with Gasteiger partial charge in [-0.3, -0.25) is 0 Å². The van der Waals surface area contributed by atoms with Gasteiger partial charge >= 0.3 is 0 Å². The maximum absolute atomic E-state index is 10.3. The maximum atomic E-state index is 10.3. The van der Waals surface area contributed by atoms with E-state index in [1.54, 1.807) is 30.3 Å². The van der Waals surface area contributed by atoms with E-state index in [9.17, 15) is 10.2 Å². The lowest BCUT2D eigenvalue weighted by molar-refractivity contribution is 0.135. The molecule has 0 aliphatic rings. The molecule has 2 unspecified atom stereocenters. The standard InChI is InChI=1S/C17H20ClNO3/c1-11(16(20)12-6-8-14(18)9-7-12)19-10-13-4-3-5-15(22-2)17(13)21/h3-9,11,16,19-21H,10H2,1-2H3. The minimum atomic E-state index is -0.662. The molecular formula is C17H20ClNO3. The Morgan fingerprint density at radius 3 is 2.50 bits per heavy atom. The van der Waals surface area contributed by atoms with E-state index >= 15 is 0 Å². The summed E-state index contributed by atoms with van der Waals surface area (Å²) < 4.78 is 5.08. The van der Waals surface area contributed by atoms with E-state index < -0.39 is 6.10 Å². The zero-order chi connectivity index (χ0) is 16.1. The normalized spacial score (nSPS) is 13.6. The van der Waals surface area contributed by atoms with Crippen molar-refractivity contribution in [2.24, 2.45) is 0 Å². The number of phenols is 1. The van der Waals surface area contributed by atoms with Crippen LogP contribution in [0.15, 0.2) is 42.5 Å². The number of hydrogen-bond donors (Lipinski definition) is 3. The van der Waals surface area contributed by atoms with E-state index in [0.29, 0.717) is 17.3 Å². The van der Waals surface area contributed by atoms with E-state index in [0.717, 1.165) is 11.1 Å². The van der Waals surface area contributed by atoms with Crippen LogP contribution in [-0.4, -0.2) is 23.4 Å². The van der Waals surface area contributed by atoms with Gasteiger partial charge in [-0.2, -0.15) is 0 Å². The zero-order valence-corrected chi connectivity index (χ0v) is 13.3. The minimum Gasteiger partial charge on any atom is -0.504 e. The van der Waals surface area contributed by atoms with Gasteiger partial charge in [-0.05, 0) is 30.7 Å². The summed E-state index contributed by atoms with van der Waals surface area (Å²) in [5.74, 6) is 0.552. The van der Waals surface area contributed by atoms with Crippen molar-refractivity contribution in [1.29, 1.82) is 0 Å². The first kappa shape index (κ1) is 16.6. The van der Waals surface area contributed by atoms with E-state index in [4.69, 9.17) is 16.3 Å². The van der Waals surface area contributed by atoms with Crippen molar-refractivity contribution >= 4 is 11.6 Å². The number of phenolic OH excluding ortho intramolecular Hbond substituents is 1. The first-order valence-electron chi connectivity index (χ1n) is 7.04. The summed E-state index contributed by atoms with van der Waals surface area (Å²) >= 11 is 5.85. The molecule has 0 saturated carbocycles. The number of aliphatic hydroxyl groups is 1. The summed E-state index contributed by atoms with van der Waals surface area (Å²) in [5.41, 5.74) is 1.51. The number of rotatable bonds is 6. The Labute approximate surface area is 135 Å². The van der Waals surface area contributed by atoms with Crippen LogP contribution in [0.2, 0.25) is 5.02 Å². The van der Waals surface area contributed by atoms with E-state index in [1.807, 2.05) is 19.1 Å². The summed E-state index contributed by atoms with van der Waals surface area (Å²) in [4.78, 5) is 0. The molecule has 0 bridgehead atoms. The van der Waals surface area contributed by atoms with Gasteiger partial charge in [-0.15, -0.1) is 0 Å². The largest absolute Gasteiger partial charge is 0.504 e. The van der Waals surface area contributed by atoms with Crippen LogP contribution in [0.5, 0.6) is 11.5 Å². The van der Waals surface area contributed by atoms with Gasteiger partial charge in [0.15, 0.2) is 11.5 Å². The fourth-order valence-corrected chi connectivity index (χ4v) is 2.33. The Balaban J connectivity index is 2.00. The number of nitrogens with one attached hydrogen (secondary N) is 1. The van der Waals surface area contributed by atoms with Gasteiger partial charge in [0, 0.05) is 23.2 Å². The van der Waals surface area contributed by atoms with Gasteiger partial charge in [0.2, 0.25) is 0 Å². The Morgan fingerprint density at radius 1 is 1.18 bits per heavy atom. The van der Waals surface area contributed by atoms with Gasteiger partial charge in [0.25, 0.3) is 0 Å². The molecule has 0 aliphatic heterocycles. The summed E-state index contributed by atoms with van der Waals surface area (Å²) in [6.07, 6.45) is -0.662. The van der Waals surface area contributed by atoms with E-state index in [2.05, 4.69) is 5.32 Å². The monoisotopic (exact) mass is 321 g/mol. The lowest BCUT2D eigenvalue weighted by Crippen LogP contribution is -2.31. The van der Waals surface area contributed by atoms with Crippen LogP contribution in [0.4, 0.5) is 0 Å². The Bertz CT molecular complexity index is 616. The number of benzene rings is 2. The first-order valence-corrected chi connectivity index (χ1v) is 7.42. The topological polar surface area (TPSA) is 61.7 Å². The second kappa shape index (κ2) is 7.49. The van der Waals surface area contributed by atoms with Crippen molar-refractivity contribution < 1.29 is 14.9 Å². The molecule has 5 heteroatoms. The van der Waals surface area contributed by atoms with Gasteiger partial charge in [-0.1, -0.05) is 35.9 Å². The smallest absolute Gasteiger partial charge is 0.162 e. The van der Waals surface area contributed by atoms with Gasteiger partial charge in [0.1, 0.15) is 0 Å². The molecule has 0 heterocycles. The molecule has 22 heavy (non-hydrogen) atoms. The van der Waals surface area contributed by atoms with Crippen molar-refractivity contribution in [2.45, 2.75) is 25.6 Å². The highest BCUT2D eigenvalue weighted by atomic mass is 35.5. The van der Waals surface area contributed by atoms with E-state index in [1.165, 1.54) is 7.11 Å². The van der Waals surface area contributed by atoms with Crippen LogP contribution >= 0.6 is 11.6 Å². The molecule has 2 aromatic rings. The molecule has 2 rings (SSSR count). The van der Waals surface area contributed by atoms with Crippen molar-refractivity contribution in [2.75, 3.05) is 7.11 Å². The quantitative estimate of drug-likeness (QED) is 0.764. The third kappa shape index (κ3) is 3.91. The number of aromatic hydroxyl groups is 1. The molecule has 0 amide bonds. The number of methoxy groups -OCH3 is 1. The fourth-order valence-electron chi connectivity index (χ4n) is 2.21. The highest BCUT2D eigenvalue weighted by Crippen LogP contribution is 2.29. The van der Waals surface area contributed by atoms with Crippen LogP contribution in [0.25, 0.3) is 0 Å². The average Bonchev–Trinajstić information content (AvgIpc) is 2.53.